The van der Waals surface area contributed by atoms with E-state index in [1.807, 2.05) is 6.92 Å². The molecule has 3 N–H and O–H groups in total. The molecule has 0 radical (unpaired) electrons. The number of hydrogen-bond donors (Lipinski definition) is 3. The van der Waals surface area contributed by atoms with E-state index in [9.17, 15) is 9.59 Å². The highest BCUT2D eigenvalue weighted by atomic mass is 35.5. The van der Waals surface area contributed by atoms with Gasteiger partial charge in [-0.2, -0.15) is 0 Å². The molecular formula is C13H17ClN2O3. The molecule has 0 saturated heterocycles. The number of carbonyl (C=O) groups excluding carboxylic acids is 1. The zero-order chi connectivity index (χ0) is 14.6. The summed E-state index contributed by atoms with van der Waals surface area (Å²) in [6.07, 6.45) is 0. The molecule has 0 spiro atoms. The number of rotatable bonds is 4. The SMILES string of the molecule is Cc1ccc(NC(=O)NC(C)C(C)C(=O)O)cc1Cl. The van der Waals surface area contributed by atoms with E-state index in [-0.39, 0.29) is 0 Å². The number of carbonyl (C=O) groups is 2. The number of carboxylic acids is 1. The Morgan fingerprint density at radius 2 is 1.95 bits per heavy atom. The lowest BCUT2D eigenvalue weighted by atomic mass is 10.0. The van der Waals surface area contributed by atoms with Gasteiger partial charge in [-0.05, 0) is 38.5 Å². The van der Waals surface area contributed by atoms with E-state index in [1.54, 1.807) is 25.1 Å². The van der Waals surface area contributed by atoms with E-state index < -0.39 is 24.0 Å². The Labute approximate surface area is 117 Å². The van der Waals surface area contributed by atoms with Crippen LogP contribution in [0.5, 0.6) is 0 Å². The van der Waals surface area contributed by atoms with Gasteiger partial charge >= 0.3 is 12.0 Å². The first kappa shape index (κ1) is 15.3. The number of aryl methyl sites for hydroxylation is 1. The number of halogens is 1. The fraction of sp³-hybridized carbons (Fsp3) is 0.385. The highest BCUT2D eigenvalue weighted by Gasteiger charge is 2.20. The zero-order valence-corrected chi connectivity index (χ0v) is 11.8. The summed E-state index contributed by atoms with van der Waals surface area (Å²) in [5, 5.41) is 14.6. The summed E-state index contributed by atoms with van der Waals surface area (Å²) >= 11 is 5.95. The summed E-state index contributed by atoms with van der Waals surface area (Å²) in [5.41, 5.74) is 1.48. The van der Waals surface area contributed by atoms with Crippen LogP contribution in [0, 0.1) is 12.8 Å². The molecule has 104 valence electrons. The Balaban J connectivity index is 2.60. The molecule has 1 aromatic rings. The van der Waals surface area contributed by atoms with E-state index in [0.29, 0.717) is 10.7 Å². The molecular weight excluding hydrogens is 268 g/mol. The van der Waals surface area contributed by atoms with Crippen molar-refractivity contribution < 1.29 is 14.7 Å². The molecule has 1 rings (SSSR count). The third kappa shape index (κ3) is 4.44. The van der Waals surface area contributed by atoms with Crippen molar-refractivity contribution in [1.82, 2.24) is 5.32 Å². The first-order valence-electron chi connectivity index (χ1n) is 5.87. The quantitative estimate of drug-likeness (QED) is 0.795. The van der Waals surface area contributed by atoms with Crippen molar-refractivity contribution in [3.05, 3.63) is 28.8 Å². The minimum absolute atomic E-state index is 0.458. The maximum atomic E-state index is 11.7. The molecule has 0 fully saturated rings. The van der Waals surface area contributed by atoms with Gasteiger partial charge in [-0.3, -0.25) is 4.79 Å². The second-order valence-electron chi connectivity index (χ2n) is 4.48. The lowest BCUT2D eigenvalue weighted by Gasteiger charge is -2.18. The van der Waals surface area contributed by atoms with E-state index in [1.165, 1.54) is 6.92 Å². The molecule has 19 heavy (non-hydrogen) atoms. The van der Waals surface area contributed by atoms with Gasteiger partial charge in [0.1, 0.15) is 0 Å². The zero-order valence-electron chi connectivity index (χ0n) is 11.0. The number of urea groups is 1. The van der Waals surface area contributed by atoms with Gasteiger partial charge in [0.2, 0.25) is 0 Å². The Morgan fingerprint density at radius 3 is 2.47 bits per heavy atom. The van der Waals surface area contributed by atoms with E-state index in [0.717, 1.165) is 5.56 Å². The topological polar surface area (TPSA) is 78.4 Å². The average molecular weight is 285 g/mol. The lowest BCUT2D eigenvalue weighted by Crippen LogP contribution is -2.42. The highest BCUT2D eigenvalue weighted by Crippen LogP contribution is 2.19. The number of hydrogen-bond acceptors (Lipinski definition) is 2. The van der Waals surface area contributed by atoms with Gasteiger partial charge in [-0.15, -0.1) is 0 Å². The number of aliphatic carboxylic acids is 1. The van der Waals surface area contributed by atoms with Gasteiger partial charge in [0.05, 0.1) is 5.92 Å². The van der Waals surface area contributed by atoms with Crippen molar-refractivity contribution in [3.63, 3.8) is 0 Å². The largest absolute Gasteiger partial charge is 0.481 e. The van der Waals surface area contributed by atoms with Crippen LogP contribution in [-0.4, -0.2) is 23.1 Å². The minimum atomic E-state index is -0.953. The summed E-state index contributed by atoms with van der Waals surface area (Å²) < 4.78 is 0. The first-order valence-corrected chi connectivity index (χ1v) is 6.25. The van der Waals surface area contributed by atoms with Crippen LogP contribution < -0.4 is 10.6 Å². The number of amides is 2. The molecule has 2 unspecified atom stereocenters. The second kappa shape index (κ2) is 6.43. The van der Waals surface area contributed by atoms with Gasteiger partial charge in [0, 0.05) is 16.8 Å². The molecule has 0 aliphatic heterocycles. The van der Waals surface area contributed by atoms with Crippen LogP contribution in [0.25, 0.3) is 0 Å². The number of carboxylic acid groups (broad SMARTS) is 1. The molecule has 6 heteroatoms. The molecule has 0 saturated carbocycles. The molecule has 2 atom stereocenters. The Morgan fingerprint density at radius 1 is 1.32 bits per heavy atom. The van der Waals surface area contributed by atoms with Crippen molar-refractivity contribution in [2.45, 2.75) is 26.8 Å². The fourth-order valence-corrected chi connectivity index (χ4v) is 1.56. The third-order valence-electron chi connectivity index (χ3n) is 2.93. The Hall–Kier alpha value is -1.75. The lowest BCUT2D eigenvalue weighted by molar-refractivity contribution is -0.141. The summed E-state index contributed by atoms with van der Waals surface area (Å²) in [7, 11) is 0. The summed E-state index contributed by atoms with van der Waals surface area (Å²) in [4.78, 5) is 22.5. The molecule has 1 aromatic carbocycles. The molecule has 0 aliphatic rings. The Bertz CT molecular complexity index is 491. The highest BCUT2D eigenvalue weighted by molar-refractivity contribution is 6.31. The van der Waals surface area contributed by atoms with Crippen molar-refractivity contribution >= 4 is 29.3 Å². The van der Waals surface area contributed by atoms with Crippen LogP contribution in [-0.2, 0) is 4.79 Å². The first-order chi connectivity index (χ1) is 8.81. The Kier molecular flexibility index (Phi) is 5.18. The van der Waals surface area contributed by atoms with E-state index >= 15 is 0 Å². The summed E-state index contributed by atoms with van der Waals surface area (Å²) in [5.74, 6) is -1.61. The monoisotopic (exact) mass is 284 g/mol. The molecule has 0 bridgehead atoms. The number of anilines is 1. The van der Waals surface area contributed by atoms with Gasteiger partial charge in [-0.25, -0.2) is 4.79 Å². The van der Waals surface area contributed by atoms with Crippen LogP contribution in [0.2, 0.25) is 5.02 Å². The van der Waals surface area contributed by atoms with Gasteiger partial charge in [-0.1, -0.05) is 17.7 Å². The predicted octanol–water partition coefficient (Wildman–Crippen LogP) is 2.88. The van der Waals surface area contributed by atoms with Gasteiger partial charge < -0.3 is 15.7 Å². The predicted molar refractivity (Wildman–Crippen MR) is 74.6 cm³/mol. The van der Waals surface area contributed by atoms with E-state index in [2.05, 4.69) is 10.6 Å². The van der Waals surface area contributed by atoms with Crippen molar-refractivity contribution in [1.29, 1.82) is 0 Å². The maximum absolute atomic E-state index is 11.7. The van der Waals surface area contributed by atoms with Crippen molar-refractivity contribution in [2.24, 2.45) is 5.92 Å². The van der Waals surface area contributed by atoms with Crippen LogP contribution in [0.3, 0.4) is 0 Å². The third-order valence-corrected chi connectivity index (χ3v) is 3.34. The van der Waals surface area contributed by atoms with Crippen LogP contribution in [0.4, 0.5) is 10.5 Å². The minimum Gasteiger partial charge on any atom is -0.481 e. The number of nitrogens with one attached hydrogen (secondary N) is 2. The van der Waals surface area contributed by atoms with Gasteiger partial charge in [0.15, 0.2) is 0 Å². The smallest absolute Gasteiger partial charge is 0.319 e. The van der Waals surface area contributed by atoms with Crippen molar-refractivity contribution in [2.75, 3.05) is 5.32 Å². The van der Waals surface area contributed by atoms with Gasteiger partial charge in [0.25, 0.3) is 0 Å². The fourth-order valence-electron chi connectivity index (χ4n) is 1.38. The van der Waals surface area contributed by atoms with E-state index in [4.69, 9.17) is 16.7 Å². The van der Waals surface area contributed by atoms with Crippen LogP contribution in [0.1, 0.15) is 19.4 Å². The molecule has 0 aromatic heterocycles. The number of benzene rings is 1. The standard InChI is InChI=1S/C13H17ClN2O3/c1-7-4-5-10(6-11(7)14)16-13(19)15-9(3)8(2)12(17)18/h4-6,8-9H,1-3H3,(H,17,18)(H2,15,16,19). The van der Waals surface area contributed by atoms with Crippen LogP contribution >= 0.6 is 11.6 Å². The van der Waals surface area contributed by atoms with Crippen molar-refractivity contribution in [3.8, 4) is 0 Å². The summed E-state index contributed by atoms with van der Waals surface area (Å²) in [6, 6.07) is 4.23. The maximum Gasteiger partial charge on any atom is 0.319 e. The molecule has 0 aliphatic carbocycles. The molecule has 0 heterocycles. The molecule has 2 amide bonds. The van der Waals surface area contributed by atoms with Crippen LogP contribution in [0.15, 0.2) is 18.2 Å². The summed E-state index contributed by atoms with van der Waals surface area (Å²) in [6.45, 7) is 5.04. The average Bonchev–Trinajstić information content (AvgIpc) is 2.32. The molecule has 5 nitrogen and oxygen atoms in total. The second-order valence-corrected chi connectivity index (χ2v) is 4.89. The normalized spacial score (nSPS) is 13.5.